The van der Waals surface area contributed by atoms with Crippen molar-refractivity contribution in [2.75, 3.05) is 0 Å². The lowest BCUT2D eigenvalue weighted by Gasteiger charge is -2.16. The van der Waals surface area contributed by atoms with Crippen LogP contribution in [0.4, 0.5) is 0 Å². The van der Waals surface area contributed by atoms with E-state index in [4.69, 9.17) is 0 Å². The molecule has 1 N–H and O–H groups in total. The fourth-order valence-corrected chi connectivity index (χ4v) is 3.23. The number of nitrogens with one attached hydrogen (secondary N) is 1. The van der Waals surface area contributed by atoms with Crippen molar-refractivity contribution in [3.05, 3.63) is 10.5 Å². The third-order valence-corrected chi connectivity index (χ3v) is 4.13. The van der Waals surface area contributed by atoms with Crippen LogP contribution < -0.4 is 4.72 Å². The highest BCUT2D eigenvalue weighted by atomic mass is 32.2. The van der Waals surface area contributed by atoms with Gasteiger partial charge in [0.1, 0.15) is 0 Å². The number of allylic oxidation sites excluding steroid dienone is 1. The first-order chi connectivity index (χ1) is 6.00. The lowest BCUT2D eigenvalue weighted by atomic mass is 9.90. The fourth-order valence-electron chi connectivity index (χ4n) is 1.85. The molecule has 0 saturated heterocycles. The molecule has 1 heterocycles. The van der Waals surface area contributed by atoms with Gasteiger partial charge in [0, 0.05) is 5.57 Å². The minimum atomic E-state index is -3.44. The van der Waals surface area contributed by atoms with Crippen LogP contribution >= 0.6 is 0 Å². The maximum absolute atomic E-state index is 11.3. The second-order valence-electron chi connectivity index (χ2n) is 3.68. The van der Waals surface area contributed by atoms with E-state index in [9.17, 15) is 13.2 Å². The Morgan fingerprint density at radius 3 is 2.85 bits per heavy atom. The van der Waals surface area contributed by atoms with Gasteiger partial charge in [0.2, 0.25) is 0 Å². The Balaban J connectivity index is 2.49. The summed E-state index contributed by atoms with van der Waals surface area (Å²) in [6.07, 6.45) is 1.96. The predicted molar refractivity (Wildman–Crippen MR) is 47.1 cm³/mol. The van der Waals surface area contributed by atoms with E-state index in [0.29, 0.717) is 29.2 Å². The van der Waals surface area contributed by atoms with Crippen LogP contribution in [-0.2, 0) is 14.8 Å². The Morgan fingerprint density at radius 2 is 2.15 bits per heavy atom. The van der Waals surface area contributed by atoms with Gasteiger partial charge in [-0.25, -0.2) is 13.1 Å². The van der Waals surface area contributed by atoms with Crippen LogP contribution in [0.5, 0.6) is 0 Å². The molecule has 0 aromatic carbocycles. The van der Waals surface area contributed by atoms with E-state index in [0.717, 1.165) is 6.42 Å². The third kappa shape index (κ3) is 1.27. The maximum Gasteiger partial charge on any atom is 0.261 e. The lowest BCUT2D eigenvalue weighted by molar-refractivity contribution is -0.115. The number of carbonyl (C=O) groups excluding carboxylic acids is 1. The third-order valence-electron chi connectivity index (χ3n) is 2.58. The van der Waals surface area contributed by atoms with E-state index in [-0.39, 0.29) is 0 Å². The molecule has 0 bridgehead atoms. The SMILES string of the molecule is CC1CCC2=C(C1)C(=O)NS2(=O)=O. The second-order valence-corrected chi connectivity index (χ2v) is 5.39. The van der Waals surface area contributed by atoms with E-state index >= 15 is 0 Å². The Bertz CT molecular complexity index is 394. The monoisotopic (exact) mass is 201 g/mol. The second kappa shape index (κ2) is 2.57. The number of hydrogen-bond acceptors (Lipinski definition) is 3. The average Bonchev–Trinajstić information content (AvgIpc) is 2.22. The standard InChI is InChI=1S/C8H11NO3S/c1-5-2-3-7-6(4-5)8(10)9-13(7,11)12/h5H,2-4H2,1H3,(H,9,10). The number of carbonyl (C=O) groups is 1. The highest BCUT2D eigenvalue weighted by Gasteiger charge is 2.37. The van der Waals surface area contributed by atoms with E-state index in [1.807, 2.05) is 11.6 Å². The molecule has 0 radical (unpaired) electrons. The maximum atomic E-state index is 11.3. The zero-order chi connectivity index (χ0) is 9.64. The summed E-state index contributed by atoms with van der Waals surface area (Å²) >= 11 is 0. The molecule has 0 aromatic rings. The van der Waals surface area contributed by atoms with Gasteiger partial charge in [-0.3, -0.25) is 4.79 Å². The summed E-state index contributed by atoms with van der Waals surface area (Å²) in [5.74, 6) is -0.000602. The number of amides is 1. The molecule has 0 spiro atoms. The van der Waals surface area contributed by atoms with Gasteiger partial charge in [0.05, 0.1) is 4.91 Å². The van der Waals surface area contributed by atoms with Crippen LogP contribution in [0, 0.1) is 5.92 Å². The summed E-state index contributed by atoms with van der Waals surface area (Å²) in [7, 11) is -3.44. The van der Waals surface area contributed by atoms with E-state index in [1.165, 1.54) is 0 Å². The van der Waals surface area contributed by atoms with Crippen LogP contribution in [0.1, 0.15) is 26.2 Å². The molecule has 1 amide bonds. The first kappa shape index (κ1) is 8.74. The summed E-state index contributed by atoms with van der Waals surface area (Å²) in [6, 6.07) is 0. The first-order valence-electron chi connectivity index (χ1n) is 4.30. The zero-order valence-electron chi connectivity index (χ0n) is 7.33. The van der Waals surface area contributed by atoms with Crippen molar-refractivity contribution in [3.8, 4) is 0 Å². The topological polar surface area (TPSA) is 63.2 Å². The quantitative estimate of drug-likeness (QED) is 0.621. The van der Waals surface area contributed by atoms with Gasteiger partial charge < -0.3 is 0 Å². The molecule has 1 aliphatic carbocycles. The van der Waals surface area contributed by atoms with Gasteiger partial charge in [-0.15, -0.1) is 0 Å². The largest absolute Gasteiger partial charge is 0.269 e. The Labute approximate surface area is 77.1 Å². The van der Waals surface area contributed by atoms with Gasteiger partial charge in [-0.1, -0.05) is 6.92 Å². The predicted octanol–water partition coefficient (Wildman–Crippen LogP) is 0.520. The van der Waals surface area contributed by atoms with Gasteiger partial charge in [-0.2, -0.15) is 0 Å². The zero-order valence-corrected chi connectivity index (χ0v) is 8.15. The summed E-state index contributed by atoms with van der Waals surface area (Å²) in [4.78, 5) is 11.6. The van der Waals surface area contributed by atoms with Crippen molar-refractivity contribution < 1.29 is 13.2 Å². The van der Waals surface area contributed by atoms with E-state index in [2.05, 4.69) is 0 Å². The lowest BCUT2D eigenvalue weighted by Crippen LogP contribution is -2.23. The van der Waals surface area contributed by atoms with Gasteiger partial charge >= 0.3 is 0 Å². The summed E-state index contributed by atoms with van der Waals surface area (Å²) in [6.45, 7) is 2.03. The molecular formula is C8H11NO3S. The number of rotatable bonds is 0. The van der Waals surface area contributed by atoms with E-state index in [1.54, 1.807) is 0 Å². The molecule has 2 aliphatic rings. The smallest absolute Gasteiger partial charge is 0.261 e. The molecule has 1 atom stereocenters. The fraction of sp³-hybridized carbons (Fsp3) is 0.625. The van der Waals surface area contributed by atoms with Crippen LogP contribution in [0.25, 0.3) is 0 Å². The molecule has 13 heavy (non-hydrogen) atoms. The summed E-state index contributed by atoms with van der Waals surface area (Å²) in [5, 5.41) is 0. The molecule has 72 valence electrons. The van der Waals surface area contributed by atoms with Crippen molar-refractivity contribution in [1.82, 2.24) is 4.72 Å². The Kier molecular flexibility index (Phi) is 1.73. The molecule has 2 rings (SSSR count). The van der Waals surface area contributed by atoms with Crippen molar-refractivity contribution in [3.63, 3.8) is 0 Å². The minimum Gasteiger partial charge on any atom is -0.269 e. The highest BCUT2D eigenvalue weighted by molar-refractivity contribution is 7.94. The molecule has 0 saturated carbocycles. The molecule has 5 heteroatoms. The van der Waals surface area contributed by atoms with Gasteiger partial charge in [0.15, 0.2) is 0 Å². The molecule has 1 aliphatic heterocycles. The van der Waals surface area contributed by atoms with Crippen molar-refractivity contribution in [2.24, 2.45) is 5.92 Å². The average molecular weight is 201 g/mol. The molecular weight excluding hydrogens is 190 g/mol. The normalized spacial score (nSPS) is 31.5. The van der Waals surface area contributed by atoms with Gasteiger partial charge in [0.25, 0.3) is 15.9 Å². The van der Waals surface area contributed by atoms with Crippen LogP contribution in [0.15, 0.2) is 10.5 Å². The Hall–Kier alpha value is -0.840. The van der Waals surface area contributed by atoms with Crippen molar-refractivity contribution >= 4 is 15.9 Å². The van der Waals surface area contributed by atoms with E-state index < -0.39 is 15.9 Å². The summed E-state index contributed by atoms with van der Waals surface area (Å²) in [5.41, 5.74) is 0.485. The van der Waals surface area contributed by atoms with Crippen LogP contribution in [0.2, 0.25) is 0 Å². The van der Waals surface area contributed by atoms with Crippen LogP contribution in [-0.4, -0.2) is 14.3 Å². The number of hydrogen-bond donors (Lipinski definition) is 1. The van der Waals surface area contributed by atoms with Gasteiger partial charge in [-0.05, 0) is 25.2 Å². The Morgan fingerprint density at radius 1 is 1.46 bits per heavy atom. The number of sulfonamides is 1. The summed E-state index contributed by atoms with van der Waals surface area (Å²) < 4.78 is 24.7. The highest BCUT2D eigenvalue weighted by Crippen LogP contribution is 2.35. The van der Waals surface area contributed by atoms with Crippen molar-refractivity contribution in [1.29, 1.82) is 0 Å². The van der Waals surface area contributed by atoms with Crippen LogP contribution in [0.3, 0.4) is 0 Å². The first-order valence-corrected chi connectivity index (χ1v) is 5.78. The molecule has 0 aromatic heterocycles. The molecule has 1 unspecified atom stereocenters. The minimum absolute atomic E-state index is 0.329. The molecule has 0 fully saturated rings. The van der Waals surface area contributed by atoms with Crippen molar-refractivity contribution in [2.45, 2.75) is 26.2 Å². The molecule has 4 nitrogen and oxygen atoms in total.